The normalized spacial score (nSPS) is 22.5. The van der Waals surface area contributed by atoms with Gasteiger partial charge in [-0.05, 0) is 18.8 Å². The number of nitrogens with one attached hydrogen (secondary N) is 1. The van der Waals surface area contributed by atoms with E-state index in [1.165, 1.54) is 46.2 Å². The van der Waals surface area contributed by atoms with E-state index < -0.39 is 11.2 Å². The van der Waals surface area contributed by atoms with Crippen molar-refractivity contribution in [1.29, 1.82) is 0 Å². The summed E-state index contributed by atoms with van der Waals surface area (Å²) < 4.78 is 2.08. The predicted molar refractivity (Wildman–Crippen MR) is 83.2 cm³/mol. The second-order valence-corrected chi connectivity index (χ2v) is 6.30. The zero-order valence-electron chi connectivity index (χ0n) is 13.0. The molecule has 0 radical (unpaired) electrons. The number of aromatic nitrogens is 2. The van der Waals surface area contributed by atoms with Crippen molar-refractivity contribution in [3.05, 3.63) is 26.4 Å². The number of nitrogens with zero attached hydrogens (tertiary/aromatic N) is 3. The van der Waals surface area contributed by atoms with Gasteiger partial charge in [0, 0.05) is 20.5 Å². The maximum Gasteiger partial charge on any atom is 0.333 e. The molecule has 0 aromatic carbocycles. The third kappa shape index (κ3) is 2.34. The smallest absolute Gasteiger partial charge is 0.333 e. The molecule has 3 rings (SSSR count). The van der Waals surface area contributed by atoms with Gasteiger partial charge in [-0.3, -0.25) is 13.9 Å². The summed E-state index contributed by atoms with van der Waals surface area (Å²) in [4.78, 5) is 24.1. The van der Waals surface area contributed by atoms with Crippen molar-refractivity contribution >= 4 is 5.71 Å². The van der Waals surface area contributed by atoms with Gasteiger partial charge in [0.15, 0.2) is 0 Å². The van der Waals surface area contributed by atoms with Gasteiger partial charge in [-0.15, -0.1) is 0 Å². The topological polar surface area (TPSA) is 88.6 Å². The quantitative estimate of drug-likeness (QED) is 0.829. The number of hydrogen-bond donors (Lipinski definition) is 2. The molecule has 120 valence electrons. The lowest BCUT2D eigenvalue weighted by molar-refractivity contribution is 0.285. The summed E-state index contributed by atoms with van der Waals surface area (Å²) in [7, 11) is 2.86. The van der Waals surface area contributed by atoms with Crippen LogP contribution >= 0.6 is 0 Å². The molecule has 2 N–H and O–H groups in total. The molecule has 1 aliphatic heterocycles. The van der Waals surface area contributed by atoms with Gasteiger partial charge >= 0.3 is 5.69 Å². The van der Waals surface area contributed by atoms with Gasteiger partial charge in [-0.1, -0.05) is 19.3 Å². The van der Waals surface area contributed by atoms with Crippen LogP contribution in [0.3, 0.4) is 0 Å². The van der Waals surface area contributed by atoms with E-state index >= 15 is 0 Å². The van der Waals surface area contributed by atoms with Crippen LogP contribution in [-0.4, -0.2) is 26.0 Å². The van der Waals surface area contributed by atoms with Crippen LogP contribution < -0.4 is 16.7 Å². The minimum atomic E-state index is -0.540. The van der Waals surface area contributed by atoms with Crippen molar-refractivity contribution in [2.45, 2.75) is 44.6 Å². The Morgan fingerprint density at radius 1 is 1.14 bits per heavy atom. The molecule has 7 heteroatoms. The molecule has 0 spiro atoms. The zero-order valence-corrected chi connectivity index (χ0v) is 13.0. The van der Waals surface area contributed by atoms with Gasteiger partial charge in [-0.25, -0.2) is 4.79 Å². The molecular formula is C15H22N4O3. The molecule has 0 amide bonds. The molecule has 1 saturated carbocycles. The maximum atomic E-state index is 12.3. The van der Waals surface area contributed by atoms with Gasteiger partial charge < -0.3 is 10.5 Å². The van der Waals surface area contributed by atoms with E-state index in [-0.39, 0.29) is 17.5 Å². The summed E-state index contributed by atoms with van der Waals surface area (Å²) in [6, 6.07) is 0.219. The van der Waals surface area contributed by atoms with Gasteiger partial charge in [-0.2, -0.15) is 5.10 Å². The van der Waals surface area contributed by atoms with Crippen LogP contribution in [0, 0.1) is 5.92 Å². The second kappa shape index (κ2) is 5.62. The maximum absolute atomic E-state index is 12.3. The van der Waals surface area contributed by atoms with Gasteiger partial charge in [0.05, 0.1) is 11.8 Å². The number of rotatable bonds is 2. The van der Waals surface area contributed by atoms with Crippen LogP contribution in [-0.2, 0) is 14.1 Å². The lowest BCUT2D eigenvalue weighted by atomic mass is 9.82. The molecule has 2 heterocycles. The first-order valence-electron chi connectivity index (χ1n) is 7.82. The average molecular weight is 306 g/mol. The second-order valence-electron chi connectivity index (χ2n) is 6.30. The van der Waals surface area contributed by atoms with Crippen molar-refractivity contribution in [2.75, 3.05) is 0 Å². The van der Waals surface area contributed by atoms with E-state index in [0.717, 1.165) is 9.13 Å². The van der Waals surface area contributed by atoms with Crippen LogP contribution in [0.4, 0.5) is 0 Å². The van der Waals surface area contributed by atoms with Crippen LogP contribution in [0.25, 0.3) is 0 Å². The van der Waals surface area contributed by atoms with E-state index in [1.807, 2.05) is 0 Å². The lowest BCUT2D eigenvalue weighted by Gasteiger charge is -2.26. The molecule has 2 aliphatic rings. The molecule has 0 saturated heterocycles. The summed E-state index contributed by atoms with van der Waals surface area (Å²) in [5, 5.41) is 14.5. The largest absolute Gasteiger partial charge is 0.494 e. The van der Waals surface area contributed by atoms with Crippen LogP contribution in [0.1, 0.15) is 44.1 Å². The zero-order chi connectivity index (χ0) is 15.9. The molecule has 22 heavy (non-hydrogen) atoms. The highest BCUT2D eigenvalue weighted by molar-refractivity contribution is 6.03. The van der Waals surface area contributed by atoms with Crippen LogP contribution in [0.15, 0.2) is 14.7 Å². The Labute approximate surface area is 128 Å². The number of hydrazone groups is 1. The Balaban J connectivity index is 1.90. The Morgan fingerprint density at radius 3 is 2.50 bits per heavy atom. The molecule has 7 nitrogen and oxygen atoms in total. The molecule has 1 atom stereocenters. The van der Waals surface area contributed by atoms with E-state index in [2.05, 4.69) is 10.5 Å². The predicted octanol–water partition coefficient (Wildman–Crippen LogP) is 0.436. The molecule has 0 bridgehead atoms. The Bertz CT molecular complexity index is 726. The Hall–Kier alpha value is -2.05. The van der Waals surface area contributed by atoms with Crippen molar-refractivity contribution in [3.63, 3.8) is 0 Å². The summed E-state index contributed by atoms with van der Waals surface area (Å²) in [5.41, 5.74) is 2.77. The standard InChI is InChI=1S/C15H22N4O3/c1-18-13(20)12(14(21)19(2)15(18)22)11-8-10(16-17-11)9-6-4-3-5-7-9/h9-10,16,20H,3-8H2,1-2H3. The molecule has 1 aromatic heterocycles. The monoisotopic (exact) mass is 306 g/mol. The Morgan fingerprint density at radius 2 is 1.82 bits per heavy atom. The fraction of sp³-hybridized carbons (Fsp3) is 0.667. The highest BCUT2D eigenvalue weighted by atomic mass is 16.3. The minimum absolute atomic E-state index is 0.135. The lowest BCUT2D eigenvalue weighted by Crippen LogP contribution is -2.40. The van der Waals surface area contributed by atoms with E-state index in [4.69, 9.17) is 0 Å². The first-order valence-corrected chi connectivity index (χ1v) is 7.82. The summed E-state index contributed by atoms with van der Waals surface area (Å²) >= 11 is 0. The first-order chi connectivity index (χ1) is 10.5. The SMILES string of the molecule is Cn1c(O)c(C2=NNC(C3CCCCC3)C2)c(=O)n(C)c1=O. The molecule has 1 unspecified atom stereocenters. The molecule has 1 aliphatic carbocycles. The fourth-order valence-electron chi connectivity index (χ4n) is 3.51. The summed E-state index contributed by atoms with van der Waals surface area (Å²) in [6.07, 6.45) is 6.75. The minimum Gasteiger partial charge on any atom is -0.494 e. The molecule has 1 aromatic rings. The van der Waals surface area contributed by atoms with Gasteiger partial charge in [0.1, 0.15) is 5.56 Å². The third-order valence-electron chi connectivity index (χ3n) is 4.92. The highest BCUT2D eigenvalue weighted by Crippen LogP contribution is 2.30. The van der Waals surface area contributed by atoms with Crippen molar-refractivity contribution in [3.8, 4) is 5.88 Å². The van der Waals surface area contributed by atoms with Crippen LogP contribution in [0.5, 0.6) is 5.88 Å². The van der Waals surface area contributed by atoms with Crippen molar-refractivity contribution < 1.29 is 5.11 Å². The third-order valence-corrected chi connectivity index (χ3v) is 4.92. The molecule has 1 fully saturated rings. The van der Waals surface area contributed by atoms with Crippen molar-refractivity contribution in [2.24, 2.45) is 25.1 Å². The summed E-state index contributed by atoms with van der Waals surface area (Å²) in [5.74, 6) is 0.256. The summed E-state index contributed by atoms with van der Waals surface area (Å²) in [6.45, 7) is 0. The first kappa shape index (κ1) is 14.9. The average Bonchev–Trinajstić information content (AvgIpc) is 3.02. The number of hydrogen-bond acceptors (Lipinski definition) is 5. The van der Waals surface area contributed by atoms with Crippen LogP contribution in [0.2, 0.25) is 0 Å². The van der Waals surface area contributed by atoms with E-state index in [1.54, 1.807) is 0 Å². The number of aromatic hydroxyl groups is 1. The fourth-order valence-corrected chi connectivity index (χ4v) is 3.51. The van der Waals surface area contributed by atoms with Gasteiger partial charge in [0.25, 0.3) is 5.56 Å². The van der Waals surface area contributed by atoms with Gasteiger partial charge in [0.2, 0.25) is 5.88 Å². The molecular weight excluding hydrogens is 284 g/mol. The highest BCUT2D eigenvalue weighted by Gasteiger charge is 2.31. The Kier molecular flexibility index (Phi) is 3.80. The van der Waals surface area contributed by atoms with E-state index in [9.17, 15) is 14.7 Å². The van der Waals surface area contributed by atoms with E-state index in [0.29, 0.717) is 18.1 Å². The van der Waals surface area contributed by atoms with Crippen molar-refractivity contribution in [1.82, 2.24) is 14.6 Å².